The molecule has 0 aliphatic carbocycles. The molecule has 122 valence electrons. The monoisotopic (exact) mass is 397 g/mol. The van der Waals surface area contributed by atoms with Crippen LogP contribution in [0.15, 0.2) is 45.8 Å². The Morgan fingerprint density at radius 2 is 1.91 bits per heavy atom. The lowest BCUT2D eigenvalue weighted by Crippen LogP contribution is -2.43. The predicted molar refractivity (Wildman–Crippen MR) is 97.9 cm³/mol. The van der Waals surface area contributed by atoms with E-state index < -0.39 is 17.0 Å². The molecule has 0 aromatic heterocycles. The van der Waals surface area contributed by atoms with Crippen LogP contribution in [0.3, 0.4) is 0 Å². The Kier molecular flexibility index (Phi) is 3.26. The second-order valence-electron chi connectivity index (χ2n) is 5.58. The van der Waals surface area contributed by atoms with E-state index in [1.165, 1.54) is 9.21 Å². The van der Waals surface area contributed by atoms with Gasteiger partial charge in [0.2, 0.25) is 0 Å². The number of nitrogens with zero attached hydrogens (tertiary/aromatic N) is 2. The quantitative estimate of drug-likeness (QED) is 0.775. The average molecular weight is 398 g/mol. The fourth-order valence-electron chi connectivity index (χ4n) is 2.87. The summed E-state index contributed by atoms with van der Waals surface area (Å²) in [6.45, 7) is 1.38. The zero-order chi connectivity index (χ0) is 19.3. The normalized spacial score (nSPS) is 17.3. The van der Waals surface area contributed by atoms with Gasteiger partial charge in [0.1, 0.15) is 0 Å². The fraction of sp³-hybridized carbons (Fsp3) is 0.294. The van der Waals surface area contributed by atoms with E-state index in [9.17, 15) is 8.42 Å². The van der Waals surface area contributed by atoms with Crippen molar-refractivity contribution in [1.29, 1.82) is 0 Å². The lowest BCUT2D eigenvalue weighted by atomic mass is 10.1. The summed E-state index contributed by atoms with van der Waals surface area (Å²) in [6.07, 6.45) is 0. The lowest BCUT2D eigenvalue weighted by Gasteiger charge is -2.37. The maximum atomic E-state index is 13.3. The molecule has 6 heteroatoms. The Labute approximate surface area is 150 Å². The summed E-state index contributed by atoms with van der Waals surface area (Å²) in [7, 11) is -3.81. The molecule has 0 saturated heterocycles. The Bertz CT molecular complexity index is 961. The number of halogens is 1. The maximum absolute atomic E-state index is 13.3. The topological polar surface area (TPSA) is 40.6 Å². The smallest absolute Gasteiger partial charge is 0.264 e. The summed E-state index contributed by atoms with van der Waals surface area (Å²) in [5, 5.41) is 0. The van der Waals surface area contributed by atoms with Crippen LogP contribution in [0.1, 0.15) is 15.2 Å². The first-order chi connectivity index (χ1) is 12.0. The van der Waals surface area contributed by atoms with Crippen molar-refractivity contribution in [2.45, 2.75) is 18.7 Å². The predicted octanol–water partition coefficient (Wildman–Crippen LogP) is 3.71. The minimum absolute atomic E-state index is 0.0775. The zero-order valence-electron chi connectivity index (χ0n) is 15.9. The van der Waals surface area contributed by atoms with Gasteiger partial charge in [0.15, 0.2) is 0 Å². The van der Waals surface area contributed by atoms with Crippen molar-refractivity contribution in [1.82, 2.24) is 0 Å². The van der Waals surface area contributed by atoms with Gasteiger partial charge in [0, 0.05) is 22.1 Å². The largest absolute Gasteiger partial charge is 0.371 e. The van der Waals surface area contributed by atoms with Gasteiger partial charge in [0.05, 0.1) is 22.8 Å². The van der Waals surface area contributed by atoms with Gasteiger partial charge in [-0.1, -0.05) is 28.1 Å². The molecule has 0 spiro atoms. The van der Waals surface area contributed by atoms with E-state index in [0.717, 1.165) is 10.0 Å². The number of rotatable bonds is 2. The molecule has 1 heterocycles. The van der Waals surface area contributed by atoms with Crippen LogP contribution < -0.4 is 9.21 Å². The second-order valence-corrected chi connectivity index (χ2v) is 8.33. The molecule has 0 amide bonds. The van der Waals surface area contributed by atoms with Gasteiger partial charge in [-0.2, -0.15) is 0 Å². The van der Waals surface area contributed by atoms with Crippen LogP contribution in [0.25, 0.3) is 0 Å². The summed E-state index contributed by atoms with van der Waals surface area (Å²) >= 11 is 3.35. The Morgan fingerprint density at radius 3 is 2.61 bits per heavy atom. The number of hydrogen-bond acceptors (Lipinski definition) is 3. The van der Waals surface area contributed by atoms with Crippen LogP contribution in [0.5, 0.6) is 0 Å². The summed E-state index contributed by atoms with van der Waals surface area (Å²) < 4.78 is 52.1. The summed E-state index contributed by atoms with van der Waals surface area (Å²) in [5.41, 5.74) is 2.19. The molecule has 0 atom stereocenters. The Morgan fingerprint density at radius 1 is 1.13 bits per heavy atom. The number of benzene rings is 2. The Balaban J connectivity index is 2.18. The van der Waals surface area contributed by atoms with Crippen LogP contribution in [0, 0.1) is 13.8 Å². The number of para-hydroxylation sites is 1. The molecule has 1 aliphatic heterocycles. The minimum atomic E-state index is -3.81. The highest BCUT2D eigenvalue weighted by molar-refractivity contribution is 9.10. The van der Waals surface area contributed by atoms with Gasteiger partial charge in [-0.15, -0.1) is 0 Å². The molecule has 0 saturated carbocycles. The molecule has 1 aliphatic rings. The Hall–Kier alpha value is -1.53. The van der Waals surface area contributed by atoms with Gasteiger partial charge in [0.25, 0.3) is 10.0 Å². The van der Waals surface area contributed by atoms with E-state index in [1.807, 2.05) is 0 Å². The van der Waals surface area contributed by atoms with E-state index >= 15 is 0 Å². The van der Waals surface area contributed by atoms with Crippen LogP contribution in [-0.4, -0.2) is 28.5 Å². The second kappa shape index (κ2) is 5.83. The van der Waals surface area contributed by atoms with Gasteiger partial charge in [-0.3, -0.25) is 4.31 Å². The van der Waals surface area contributed by atoms with Gasteiger partial charge < -0.3 is 4.90 Å². The summed E-state index contributed by atoms with van der Waals surface area (Å²) in [4.78, 5) is 1.51. The summed E-state index contributed by atoms with van der Waals surface area (Å²) in [6, 6.07) is 10.2. The van der Waals surface area contributed by atoms with Crippen molar-refractivity contribution in [3.63, 3.8) is 0 Å². The van der Waals surface area contributed by atoms with Crippen molar-refractivity contribution in [3.05, 3.63) is 52.0 Å². The highest BCUT2D eigenvalue weighted by Crippen LogP contribution is 2.38. The molecular formula is C17H19BrN2O2S. The first kappa shape index (κ1) is 12.8. The van der Waals surface area contributed by atoms with E-state index in [4.69, 9.17) is 4.11 Å². The molecule has 2 aromatic carbocycles. The van der Waals surface area contributed by atoms with Gasteiger partial charge in [-0.25, -0.2) is 8.42 Å². The highest BCUT2D eigenvalue weighted by Gasteiger charge is 2.32. The van der Waals surface area contributed by atoms with Crippen molar-refractivity contribution in [3.8, 4) is 0 Å². The van der Waals surface area contributed by atoms with E-state index in [2.05, 4.69) is 15.9 Å². The first-order valence-electron chi connectivity index (χ1n) is 8.69. The highest BCUT2D eigenvalue weighted by atomic mass is 79.9. The zero-order valence-corrected chi connectivity index (χ0v) is 15.3. The SMILES string of the molecule is [2H]C([2H])([2H])N1CCN(S(=O)(=O)c2ccc(Br)cc2C)c2c(C)cccc21. The maximum Gasteiger partial charge on any atom is 0.264 e. The van der Waals surface area contributed by atoms with E-state index in [-0.39, 0.29) is 18.0 Å². The molecule has 23 heavy (non-hydrogen) atoms. The molecule has 0 unspecified atom stereocenters. The van der Waals surface area contributed by atoms with Gasteiger partial charge >= 0.3 is 0 Å². The average Bonchev–Trinajstić information content (AvgIpc) is 2.52. The molecule has 0 radical (unpaired) electrons. The van der Waals surface area contributed by atoms with E-state index in [0.29, 0.717) is 16.9 Å². The molecule has 0 N–H and O–H groups in total. The third-order valence-electron chi connectivity index (χ3n) is 3.99. The molecule has 0 fully saturated rings. The summed E-state index contributed by atoms with van der Waals surface area (Å²) in [5.74, 6) is 0. The lowest BCUT2D eigenvalue weighted by molar-refractivity contribution is 0.588. The number of aryl methyl sites for hydroxylation is 2. The van der Waals surface area contributed by atoms with Crippen LogP contribution in [0.4, 0.5) is 11.4 Å². The first-order valence-corrected chi connectivity index (χ1v) is 9.43. The molecule has 3 rings (SSSR count). The number of anilines is 2. The van der Waals surface area contributed by atoms with Crippen molar-refractivity contribution < 1.29 is 12.5 Å². The van der Waals surface area contributed by atoms with Crippen LogP contribution >= 0.6 is 15.9 Å². The van der Waals surface area contributed by atoms with Crippen LogP contribution in [0.2, 0.25) is 0 Å². The molecule has 0 bridgehead atoms. The third-order valence-corrected chi connectivity index (χ3v) is 6.44. The molecule has 2 aromatic rings. The minimum Gasteiger partial charge on any atom is -0.371 e. The number of likely N-dealkylation sites (N-methyl/N-ethyl adjacent to an activating group) is 1. The standard InChI is InChI=1S/C17H19BrN2O2S/c1-12-5-4-6-15-17(12)20(10-9-19(15)3)23(21,22)16-8-7-14(18)11-13(16)2/h4-8,11H,9-10H2,1-3H3/i3D3. The molecular weight excluding hydrogens is 376 g/mol. The fourth-order valence-corrected chi connectivity index (χ4v) is 5.09. The number of sulfonamides is 1. The van der Waals surface area contributed by atoms with E-state index in [1.54, 1.807) is 50.2 Å². The van der Waals surface area contributed by atoms with Crippen molar-refractivity contribution in [2.75, 3.05) is 29.3 Å². The number of fused-ring (bicyclic) bond motifs is 1. The molecule has 4 nitrogen and oxygen atoms in total. The van der Waals surface area contributed by atoms with Crippen molar-refractivity contribution in [2.24, 2.45) is 0 Å². The third kappa shape index (κ3) is 2.74. The van der Waals surface area contributed by atoms with Crippen molar-refractivity contribution >= 4 is 37.3 Å². The van der Waals surface area contributed by atoms with Gasteiger partial charge in [-0.05, 0) is 49.2 Å². The van der Waals surface area contributed by atoms with Crippen LogP contribution in [-0.2, 0) is 10.0 Å². The number of hydrogen-bond donors (Lipinski definition) is 0.